The van der Waals surface area contributed by atoms with Crippen molar-refractivity contribution in [1.29, 1.82) is 0 Å². The van der Waals surface area contributed by atoms with Crippen molar-refractivity contribution in [3.05, 3.63) is 36.0 Å². The van der Waals surface area contributed by atoms with Crippen molar-refractivity contribution in [3.8, 4) is 17.0 Å². The minimum Gasteiger partial charge on any atom is -0.476 e. The third-order valence-corrected chi connectivity index (χ3v) is 3.34. The highest BCUT2D eigenvalue weighted by Crippen LogP contribution is 2.32. The Balaban J connectivity index is 2.14. The average Bonchev–Trinajstić information content (AvgIpc) is 2.46. The van der Waals surface area contributed by atoms with E-state index in [0.717, 1.165) is 23.2 Å². The van der Waals surface area contributed by atoms with Gasteiger partial charge in [0.1, 0.15) is 6.61 Å². The molecule has 0 unspecified atom stereocenters. The van der Waals surface area contributed by atoms with Gasteiger partial charge in [0, 0.05) is 29.9 Å². The molecule has 21 heavy (non-hydrogen) atoms. The molecule has 4 N–H and O–H groups in total. The maximum absolute atomic E-state index is 6.08. The second-order valence-electron chi connectivity index (χ2n) is 5.29. The summed E-state index contributed by atoms with van der Waals surface area (Å²) in [5, 5.41) is 0. The monoisotopic (exact) mass is 286 g/mol. The first kappa shape index (κ1) is 15.1. The number of nitrogens with zero attached hydrogens (tertiary/aromatic N) is 2. The first-order chi connectivity index (χ1) is 9.99. The molecule has 0 spiro atoms. The van der Waals surface area contributed by atoms with Crippen LogP contribution in [-0.4, -0.2) is 37.1 Å². The van der Waals surface area contributed by atoms with Crippen LogP contribution in [0.3, 0.4) is 0 Å². The Morgan fingerprint density at radius 3 is 2.48 bits per heavy atom. The molecule has 0 saturated carbocycles. The quantitative estimate of drug-likeness (QED) is 0.824. The van der Waals surface area contributed by atoms with E-state index in [9.17, 15) is 0 Å². The van der Waals surface area contributed by atoms with Crippen LogP contribution in [-0.2, 0) is 0 Å². The molecule has 0 atom stereocenters. The maximum Gasteiger partial charge on any atom is 0.213 e. The van der Waals surface area contributed by atoms with Crippen LogP contribution in [0.25, 0.3) is 11.1 Å². The summed E-state index contributed by atoms with van der Waals surface area (Å²) in [7, 11) is 4.01. The van der Waals surface area contributed by atoms with E-state index in [0.29, 0.717) is 23.9 Å². The molecule has 0 aliphatic rings. The number of hydrogen-bond acceptors (Lipinski definition) is 5. The number of anilines is 2. The van der Waals surface area contributed by atoms with E-state index in [1.807, 2.05) is 45.3 Å². The number of nitrogen functional groups attached to an aromatic ring is 2. The zero-order valence-corrected chi connectivity index (χ0v) is 12.8. The van der Waals surface area contributed by atoms with Crippen LogP contribution >= 0.6 is 0 Å². The molecule has 1 aromatic carbocycles. The topological polar surface area (TPSA) is 77.4 Å². The molecule has 2 aromatic rings. The zero-order chi connectivity index (χ0) is 15.4. The van der Waals surface area contributed by atoms with Gasteiger partial charge in [-0.2, -0.15) is 0 Å². The Labute approximate surface area is 125 Å². The van der Waals surface area contributed by atoms with Crippen LogP contribution in [0.2, 0.25) is 0 Å². The van der Waals surface area contributed by atoms with Crippen molar-refractivity contribution in [2.45, 2.75) is 6.92 Å². The van der Waals surface area contributed by atoms with Gasteiger partial charge in [0.05, 0.1) is 11.4 Å². The summed E-state index contributed by atoms with van der Waals surface area (Å²) < 4.78 is 5.57. The van der Waals surface area contributed by atoms with Crippen LogP contribution in [0.5, 0.6) is 5.88 Å². The number of rotatable bonds is 5. The second kappa shape index (κ2) is 6.45. The summed E-state index contributed by atoms with van der Waals surface area (Å²) in [5.74, 6) is 0.610. The van der Waals surface area contributed by atoms with Crippen LogP contribution in [0.15, 0.2) is 30.5 Å². The number of likely N-dealkylation sites (N-methyl/N-ethyl adjacent to an activating group) is 1. The fourth-order valence-corrected chi connectivity index (χ4v) is 1.95. The number of ether oxygens (including phenoxy) is 1. The predicted molar refractivity (Wildman–Crippen MR) is 87.3 cm³/mol. The molecule has 0 saturated heterocycles. The smallest absolute Gasteiger partial charge is 0.213 e. The van der Waals surface area contributed by atoms with E-state index >= 15 is 0 Å². The van der Waals surface area contributed by atoms with Gasteiger partial charge in [-0.05, 0) is 32.6 Å². The second-order valence-corrected chi connectivity index (χ2v) is 5.29. The van der Waals surface area contributed by atoms with Crippen LogP contribution in [0.4, 0.5) is 11.4 Å². The number of pyridine rings is 1. The molecule has 112 valence electrons. The molecule has 0 fully saturated rings. The van der Waals surface area contributed by atoms with Crippen LogP contribution in [0, 0.1) is 6.92 Å². The van der Waals surface area contributed by atoms with Gasteiger partial charge in [0.2, 0.25) is 5.88 Å². The molecule has 0 bridgehead atoms. The number of benzene rings is 1. The Hall–Kier alpha value is -2.27. The van der Waals surface area contributed by atoms with Crippen LogP contribution < -0.4 is 16.2 Å². The number of hydrogen-bond donors (Lipinski definition) is 2. The number of aryl methyl sites for hydroxylation is 1. The third kappa shape index (κ3) is 3.64. The fraction of sp³-hybridized carbons (Fsp3) is 0.312. The molecular formula is C16H22N4O. The summed E-state index contributed by atoms with van der Waals surface area (Å²) in [6, 6.07) is 7.71. The van der Waals surface area contributed by atoms with E-state index in [4.69, 9.17) is 16.2 Å². The highest BCUT2D eigenvalue weighted by Gasteiger charge is 2.08. The van der Waals surface area contributed by atoms with Crippen LogP contribution in [0.1, 0.15) is 5.56 Å². The summed E-state index contributed by atoms with van der Waals surface area (Å²) in [4.78, 5) is 6.37. The van der Waals surface area contributed by atoms with Gasteiger partial charge in [0.25, 0.3) is 0 Å². The molecule has 5 nitrogen and oxygen atoms in total. The Bertz CT molecular complexity index is 608. The van der Waals surface area contributed by atoms with Gasteiger partial charge in [-0.25, -0.2) is 4.98 Å². The standard InChI is InChI=1S/C16H22N4O/c1-11-4-6-13(16(18)15(11)17)12-5-7-14(19-10-12)21-9-8-20(2)3/h4-7,10H,8-9,17-18H2,1-3H3. The molecule has 0 radical (unpaired) electrons. The Morgan fingerprint density at radius 2 is 1.86 bits per heavy atom. The van der Waals surface area contributed by atoms with Gasteiger partial charge in [0.15, 0.2) is 0 Å². The lowest BCUT2D eigenvalue weighted by molar-refractivity contribution is 0.254. The summed E-state index contributed by atoms with van der Waals surface area (Å²) in [6.45, 7) is 3.40. The highest BCUT2D eigenvalue weighted by molar-refractivity contribution is 5.85. The molecule has 0 amide bonds. The van der Waals surface area contributed by atoms with Crippen molar-refractivity contribution in [1.82, 2.24) is 9.88 Å². The lowest BCUT2D eigenvalue weighted by atomic mass is 10.0. The number of aromatic nitrogens is 1. The third-order valence-electron chi connectivity index (χ3n) is 3.34. The van der Waals surface area contributed by atoms with Gasteiger partial charge in [-0.15, -0.1) is 0 Å². The summed E-state index contributed by atoms with van der Waals surface area (Å²) in [5.41, 5.74) is 16.1. The Morgan fingerprint density at radius 1 is 1.10 bits per heavy atom. The van der Waals surface area contributed by atoms with Crippen molar-refractivity contribution >= 4 is 11.4 Å². The lowest BCUT2D eigenvalue weighted by Crippen LogP contribution is -2.19. The van der Waals surface area contributed by atoms with Gasteiger partial charge < -0.3 is 21.1 Å². The highest BCUT2D eigenvalue weighted by atomic mass is 16.5. The van der Waals surface area contributed by atoms with Crippen molar-refractivity contribution in [2.75, 3.05) is 38.7 Å². The van der Waals surface area contributed by atoms with Crippen molar-refractivity contribution in [2.24, 2.45) is 0 Å². The zero-order valence-electron chi connectivity index (χ0n) is 12.8. The van der Waals surface area contributed by atoms with E-state index < -0.39 is 0 Å². The van der Waals surface area contributed by atoms with E-state index in [1.54, 1.807) is 6.20 Å². The van der Waals surface area contributed by atoms with E-state index in [-0.39, 0.29) is 0 Å². The van der Waals surface area contributed by atoms with Gasteiger partial charge >= 0.3 is 0 Å². The molecule has 5 heteroatoms. The molecule has 0 aliphatic heterocycles. The molecule has 0 aliphatic carbocycles. The minimum absolute atomic E-state index is 0.595. The summed E-state index contributed by atoms with van der Waals surface area (Å²) >= 11 is 0. The van der Waals surface area contributed by atoms with Gasteiger partial charge in [-0.3, -0.25) is 0 Å². The normalized spacial score (nSPS) is 10.9. The van der Waals surface area contributed by atoms with E-state index in [1.165, 1.54) is 0 Å². The maximum atomic E-state index is 6.08. The van der Waals surface area contributed by atoms with E-state index in [2.05, 4.69) is 9.88 Å². The van der Waals surface area contributed by atoms with Crippen molar-refractivity contribution < 1.29 is 4.74 Å². The average molecular weight is 286 g/mol. The minimum atomic E-state index is 0.595. The molecule has 2 rings (SSSR count). The fourth-order valence-electron chi connectivity index (χ4n) is 1.95. The molecule has 1 aromatic heterocycles. The largest absolute Gasteiger partial charge is 0.476 e. The number of nitrogens with two attached hydrogens (primary N) is 2. The summed E-state index contributed by atoms with van der Waals surface area (Å²) in [6.07, 6.45) is 1.76. The lowest BCUT2D eigenvalue weighted by Gasteiger charge is -2.12. The molecule has 1 heterocycles. The molecular weight excluding hydrogens is 264 g/mol. The predicted octanol–water partition coefficient (Wildman–Crippen LogP) is 2.16. The SMILES string of the molecule is Cc1ccc(-c2ccc(OCCN(C)C)nc2)c(N)c1N. The Kier molecular flexibility index (Phi) is 4.65. The van der Waals surface area contributed by atoms with Crippen molar-refractivity contribution in [3.63, 3.8) is 0 Å². The first-order valence-corrected chi connectivity index (χ1v) is 6.87. The van der Waals surface area contributed by atoms with Gasteiger partial charge in [-0.1, -0.05) is 12.1 Å². The first-order valence-electron chi connectivity index (χ1n) is 6.87.